The van der Waals surface area contributed by atoms with Gasteiger partial charge in [0.25, 0.3) is 0 Å². The van der Waals surface area contributed by atoms with Crippen LogP contribution in [0.3, 0.4) is 0 Å². The largest absolute Gasteiger partial charge is 0.444 e. The summed E-state index contributed by atoms with van der Waals surface area (Å²) < 4.78 is 10.1. The molecule has 0 aromatic carbocycles. The summed E-state index contributed by atoms with van der Waals surface area (Å²) in [6.45, 7) is 6.18. The Morgan fingerprint density at radius 3 is 2.55 bits per heavy atom. The van der Waals surface area contributed by atoms with Gasteiger partial charge in [-0.25, -0.2) is 14.4 Å². The van der Waals surface area contributed by atoms with Crippen molar-refractivity contribution >= 4 is 18.0 Å². The van der Waals surface area contributed by atoms with E-state index < -0.39 is 35.4 Å². The molecule has 3 rings (SSSR count). The lowest BCUT2D eigenvalue weighted by Crippen LogP contribution is -2.82. The van der Waals surface area contributed by atoms with E-state index in [1.165, 1.54) is 9.96 Å². The van der Waals surface area contributed by atoms with E-state index >= 15 is 0 Å². The Labute approximate surface area is 115 Å². The fourth-order valence-corrected chi connectivity index (χ4v) is 2.62. The molecule has 3 aliphatic heterocycles. The minimum atomic E-state index is -1.02. The molecule has 3 saturated heterocycles. The molecule has 8 heteroatoms. The summed E-state index contributed by atoms with van der Waals surface area (Å²) in [6, 6.07) is 0. The molecule has 0 aromatic rings. The van der Waals surface area contributed by atoms with Crippen molar-refractivity contribution in [3.05, 3.63) is 0 Å². The van der Waals surface area contributed by atoms with Crippen molar-refractivity contribution in [2.45, 2.75) is 44.6 Å². The van der Waals surface area contributed by atoms with E-state index in [-0.39, 0.29) is 0 Å². The van der Waals surface area contributed by atoms with Crippen LogP contribution in [0.5, 0.6) is 0 Å². The molecule has 1 amide bonds. The number of nitrogens with zero attached hydrogens (tertiary/aromatic N) is 2. The Morgan fingerprint density at radius 2 is 1.95 bits per heavy atom. The topological polar surface area (TPSA) is 85.4 Å². The lowest BCUT2D eigenvalue weighted by molar-refractivity contribution is -0.375. The molecule has 3 heterocycles. The summed E-state index contributed by atoms with van der Waals surface area (Å²) in [5.41, 5.74) is -0.979. The number of carbonyl (C=O) groups is 3. The third-order valence-electron chi connectivity index (χ3n) is 3.50. The molecule has 0 N–H and O–H groups in total. The van der Waals surface area contributed by atoms with Crippen LogP contribution >= 0.6 is 0 Å². The predicted octanol–water partition coefficient (Wildman–Crippen LogP) is 0.0227. The van der Waals surface area contributed by atoms with E-state index in [0.29, 0.717) is 19.5 Å². The van der Waals surface area contributed by atoms with Crippen LogP contribution in [-0.2, 0) is 23.9 Å². The number of hydrogen-bond acceptors (Lipinski definition) is 7. The quantitative estimate of drug-likeness (QED) is 0.458. The zero-order valence-electron chi connectivity index (χ0n) is 11.5. The molecule has 20 heavy (non-hydrogen) atoms. The summed E-state index contributed by atoms with van der Waals surface area (Å²) >= 11 is 0. The normalized spacial score (nSPS) is 27.9. The summed E-state index contributed by atoms with van der Waals surface area (Å²) in [4.78, 5) is 40.5. The molecule has 3 aliphatic rings. The third-order valence-corrected chi connectivity index (χ3v) is 3.50. The molecule has 1 atom stereocenters. The van der Waals surface area contributed by atoms with Crippen LogP contribution in [0.1, 0.15) is 27.2 Å². The number of likely N-dealkylation sites (tertiary alicyclic amines) is 1. The Kier molecular flexibility index (Phi) is 2.53. The van der Waals surface area contributed by atoms with E-state index in [1.807, 2.05) is 0 Å². The van der Waals surface area contributed by atoms with Gasteiger partial charge in [-0.3, -0.25) is 0 Å². The SMILES string of the molecule is CC(C)(C)OC(=O)N1CC2(CC3OC(=O)C(=O)ON32)C1. The predicted molar refractivity (Wildman–Crippen MR) is 63.0 cm³/mol. The molecular weight excluding hydrogens is 268 g/mol. The van der Waals surface area contributed by atoms with Crippen LogP contribution in [-0.4, -0.2) is 58.5 Å². The van der Waals surface area contributed by atoms with Crippen molar-refractivity contribution in [1.29, 1.82) is 0 Å². The number of fused-ring (bicyclic) bond motifs is 2. The highest BCUT2D eigenvalue weighted by atomic mass is 16.8. The number of carbonyl (C=O) groups excluding carboxylic acids is 3. The highest BCUT2D eigenvalue weighted by molar-refractivity contribution is 6.30. The number of ether oxygens (including phenoxy) is 2. The molecule has 110 valence electrons. The van der Waals surface area contributed by atoms with Gasteiger partial charge >= 0.3 is 18.0 Å². The second kappa shape index (κ2) is 3.85. The molecule has 3 fully saturated rings. The summed E-state index contributed by atoms with van der Waals surface area (Å²) in [7, 11) is 0. The standard InChI is InChI=1S/C12H16N2O6/c1-11(2,3)19-10(17)13-5-12(6-13)4-7-14(12)20-9(16)8(15)18-7/h7H,4-6H2,1-3H3. The minimum Gasteiger partial charge on any atom is -0.444 e. The zero-order chi connectivity index (χ0) is 14.7. The average molecular weight is 284 g/mol. The summed E-state index contributed by atoms with van der Waals surface area (Å²) in [6.07, 6.45) is -0.376. The maximum Gasteiger partial charge on any atom is 0.436 e. The van der Waals surface area contributed by atoms with Crippen molar-refractivity contribution in [3.63, 3.8) is 0 Å². The van der Waals surface area contributed by atoms with Gasteiger partial charge in [-0.2, -0.15) is 0 Å². The lowest BCUT2D eigenvalue weighted by atomic mass is 9.78. The molecule has 0 saturated carbocycles. The number of rotatable bonds is 0. The first-order valence-corrected chi connectivity index (χ1v) is 6.40. The molecule has 0 aromatic heterocycles. The highest BCUT2D eigenvalue weighted by Crippen LogP contribution is 2.46. The lowest BCUT2D eigenvalue weighted by Gasteiger charge is -2.63. The third kappa shape index (κ3) is 1.91. The van der Waals surface area contributed by atoms with E-state index in [1.54, 1.807) is 20.8 Å². The van der Waals surface area contributed by atoms with Crippen LogP contribution in [0.25, 0.3) is 0 Å². The summed E-state index contributed by atoms with van der Waals surface area (Å²) in [5, 5.41) is 1.37. The van der Waals surface area contributed by atoms with Crippen LogP contribution < -0.4 is 0 Å². The van der Waals surface area contributed by atoms with E-state index in [4.69, 9.17) is 14.3 Å². The van der Waals surface area contributed by atoms with Gasteiger partial charge in [-0.1, -0.05) is 5.06 Å². The Hall–Kier alpha value is -1.83. The Bertz CT molecular complexity index is 491. The van der Waals surface area contributed by atoms with Crippen molar-refractivity contribution in [1.82, 2.24) is 9.96 Å². The van der Waals surface area contributed by atoms with Crippen LogP contribution in [0, 0.1) is 0 Å². The molecule has 0 aliphatic carbocycles. The number of esters is 1. The number of hydroxylamine groups is 2. The molecular formula is C12H16N2O6. The Balaban J connectivity index is 1.57. The fourth-order valence-electron chi connectivity index (χ4n) is 2.62. The van der Waals surface area contributed by atoms with Gasteiger partial charge in [0.1, 0.15) is 11.1 Å². The number of amides is 1. The number of hydrogen-bond donors (Lipinski definition) is 0. The second-order valence-electron chi connectivity index (χ2n) is 6.33. The zero-order valence-corrected chi connectivity index (χ0v) is 11.5. The van der Waals surface area contributed by atoms with Gasteiger partial charge in [0.15, 0.2) is 6.23 Å². The first-order chi connectivity index (χ1) is 9.20. The van der Waals surface area contributed by atoms with Crippen molar-refractivity contribution in [3.8, 4) is 0 Å². The van der Waals surface area contributed by atoms with Crippen molar-refractivity contribution in [2.24, 2.45) is 0 Å². The van der Waals surface area contributed by atoms with E-state index in [0.717, 1.165) is 0 Å². The van der Waals surface area contributed by atoms with Gasteiger partial charge in [-0.05, 0) is 20.8 Å². The average Bonchev–Trinajstić information content (AvgIpc) is 2.23. The molecule has 1 unspecified atom stereocenters. The Morgan fingerprint density at radius 1 is 1.30 bits per heavy atom. The first kappa shape index (κ1) is 13.2. The molecule has 0 bridgehead atoms. The first-order valence-electron chi connectivity index (χ1n) is 6.40. The van der Waals surface area contributed by atoms with Gasteiger partial charge in [0.2, 0.25) is 0 Å². The fraction of sp³-hybridized carbons (Fsp3) is 0.750. The van der Waals surface area contributed by atoms with Gasteiger partial charge in [0, 0.05) is 19.5 Å². The van der Waals surface area contributed by atoms with Crippen LogP contribution in [0.2, 0.25) is 0 Å². The molecule has 1 spiro atoms. The maximum atomic E-state index is 11.8. The van der Waals surface area contributed by atoms with Gasteiger partial charge in [0.05, 0.1) is 0 Å². The van der Waals surface area contributed by atoms with E-state index in [9.17, 15) is 14.4 Å². The molecule has 0 radical (unpaired) electrons. The minimum absolute atomic E-state index is 0.392. The maximum absolute atomic E-state index is 11.8. The van der Waals surface area contributed by atoms with Crippen molar-refractivity contribution in [2.75, 3.05) is 13.1 Å². The van der Waals surface area contributed by atoms with Crippen LogP contribution in [0.15, 0.2) is 0 Å². The summed E-state index contributed by atoms with van der Waals surface area (Å²) in [5.74, 6) is -1.99. The van der Waals surface area contributed by atoms with Gasteiger partial charge in [-0.15, -0.1) is 0 Å². The monoisotopic (exact) mass is 284 g/mol. The van der Waals surface area contributed by atoms with Gasteiger partial charge < -0.3 is 19.2 Å². The smallest absolute Gasteiger partial charge is 0.436 e. The molecule has 8 nitrogen and oxygen atoms in total. The van der Waals surface area contributed by atoms with Crippen molar-refractivity contribution < 1.29 is 28.7 Å². The van der Waals surface area contributed by atoms with E-state index in [2.05, 4.69) is 0 Å². The second-order valence-corrected chi connectivity index (χ2v) is 6.33. The van der Waals surface area contributed by atoms with Crippen LogP contribution in [0.4, 0.5) is 4.79 Å². The highest BCUT2D eigenvalue weighted by Gasteiger charge is 2.66.